The van der Waals surface area contributed by atoms with Gasteiger partial charge in [0, 0.05) is 9.13 Å². The maximum Gasteiger partial charge on any atom is 0.305 e. The molecule has 0 unspecified atom stereocenters. The molecule has 0 aromatic heterocycles. The number of rotatable bonds is 5. The second kappa shape index (κ2) is 7.24. The van der Waals surface area contributed by atoms with E-state index in [2.05, 4.69) is 27.9 Å². The number of hydrogen-bond acceptors (Lipinski definition) is 4. The number of carbonyl (C=O) groups is 2. The second-order valence-corrected chi connectivity index (χ2v) is 6.16. The maximum atomic E-state index is 11.3. The number of nitrogens with one attached hydrogen (secondary N) is 1. The molecule has 1 amide bonds. The molecule has 19 heavy (non-hydrogen) atoms. The number of phenolic OH excluding ortho intramolecular Hbond substituents is 1. The molecule has 0 aliphatic carbocycles. The third-order valence-electron chi connectivity index (χ3n) is 2.33. The summed E-state index contributed by atoms with van der Waals surface area (Å²) in [6.45, 7) is -0.238. The minimum Gasteiger partial charge on any atom is -0.506 e. The number of halogens is 2. The lowest BCUT2D eigenvalue weighted by molar-refractivity contribution is -0.137. The number of phenols is 1. The van der Waals surface area contributed by atoms with Crippen LogP contribution in [0.15, 0.2) is 12.1 Å². The highest BCUT2D eigenvalue weighted by Crippen LogP contribution is 2.32. The van der Waals surface area contributed by atoms with E-state index in [-0.39, 0.29) is 18.7 Å². The maximum absolute atomic E-state index is 11.3. The van der Waals surface area contributed by atoms with Gasteiger partial charge in [0.05, 0.1) is 22.6 Å². The van der Waals surface area contributed by atoms with E-state index in [4.69, 9.17) is 10.8 Å². The van der Waals surface area contributed by atoms with Crippen LogP contribution in [0, 0.1) is 7.14 Å². The minimum absolute atomic E-state index is 0.0235. The molecule has 1 atom stereocenters. The highest BCUT2D eigenvalue weighted by molar-refractivity contribution is 14.1. The summed E-state index contributed by atoms with van der Waals surface area (Å²) in [5, 5.41) is 21.4. The molecule has 0 radical (unpaired) electrons. The summed E-state index contributed by atoms with van der Waals surface area (Å²) >= 11 is 4.00. The molecule has 0 spiro atoms. The number of carboxylic acid groups (broad SMARTS) is 1. The van der Waals surface area contributed by atoms with Crippen molar-refractivity contribution in [1.82, 2.24) is 5.32 Å². The van der Waals surface area contributed by atoms with E-state index in [1.54, 1.807) is 12.1 Å². The van der Waals surface area contributed by atoms with Crippen LogP contribution in [-0.2, 0) is 9.59 Å². The van der Waals surface area contributed by atoms with Gasteiger partial charge < -0.3 is 21.3 Å². The summed E-state index contributed by atoms with van der Waals surface area (Å²) in [6, 6.07) is 2.59. The molecular formula is C11H12I2N2O4. The third kappa shape index (κ3) is 4.76. The molecule has 0 aliphatic rings. The number of amides is 1. The van der Waals surface area contributed by atoms with Crippen molar-refractivity contribution in [2.24, 2.45) is 5.73 Å². The lowest BCUT2D eigenvalue weighted by atomic mass is 10.0. The Balaban J connectivity index is 3.16. The number of benzene rings is 1. The minimum atomic E-state index is -1.07. The summed E-state index contributed by atoms with van der Waals surface area (Å²) in [5.74, 6) is -1.57. The molecule has 5 N–H and O–H groups in total. The standard InChI is InChI=1S/C11H12I2N2O4/c12-5-1-6(11(19)7(13)2-5)8(3-10(17)18)15-9(16)4-14/h1-2,8,19H,3-4,14H2,(H,15,16)(H,17,18)/t8-/m0/s1. The van der Waals surface area contributed by atoms with Gasteiger partial charge >= 0.3 is 5.97 Å². The number of aliphatic carboxylic acids is 1. The molecule has 0 saturated carbocycles. The number of nitrogens with two attached hydrogens (primary N) is 1. The SMILES string of the molecule is NCC(=O)N[C@@H](CC(=O)O)c1cc(I)cc(I)c1O. The number of hydrogen-bond donors (Lipinski definition) is 4. The van der Waals surface area contributed by atoms with E-state index >= 15 is 0 Å². The predicted octanol–water partition coefficient (Wildman–Crippen LogP) is 1.19. The Kier molecular flexibility index (Phi) is 6.26. The Morgan fingerprint density at radius 1 is 1.37 bits per heavy atom. The van der Waals surface area contributed by atoms with Crippen LogP contribution < -0.4 is 11.1 Å². The van der Waals surface area contributed by atoms with Gasteiger partial charge in [-0.05, 0) is 57.3 Å². The van der Waals surface area contributed by atoms with Gasteiger partial charge in [-0.15, -0.1) is 0 Å². The smallest absolute Gasteiger partial charge is 0.305 e. The Morgan fingerprint density at radius 2 is 2.00 bits per heavy atom. The lowest BCUT2D eigenvalue weighted by Gasteiger charge is -2.19. The Bertz CT molecular complexity index is 508. The van der Waals surface area contributed by atoms with Crippen LogP contribution in [0.4, 0.5) is 0 Å². The Morgan fingerprint density at radius 3 is 2.53 bits per heavy atom. The fourth-order valence-corrected chi connectivity index (χ4v) is 3.41. The van der Waals surface area contributed by atoms with Crippen LogP contribution in [0.1, 0.15) is 18.0 Å². The van der Waals surface area contributed by atoms with E-state index in [0.717, 1.165) is 3.57 Å². The van der Waals surface area contributed by atoms with Crippen molar-refractivity contribution in [3.63, 3.8) is 0 Å². The fourth-order valence-electron chi connectivity index (χ4n) is 1.52. The summed E-state index contributed by atoms with van der Waals surface area (Å²) < 4.78 is 1.43. The molecule has 0 aliphatic heterocycles. The van der Waals surface area contributed by atoms with Crippen molar-refractivity contribution in [2.45, 2.75) is 12.5 Å². The van der Waals surface area contributed by atoms with E-state index < -0.39 is 17.9 Å². The van der Waals surface area contributed by atoms with Crippen LogP contribution in [0.3, 0.4) is 0 Å². The highest BCUT2D eigenvalue weighted by atomic mass is 127. The first-order valence-electron chi connectivity index (χ1n) is 5.24. The normalized spacial score (nSPS) is 11.9. The van der Waals surface area contributed by atoms with E-state index in [1.165, 1.54) is 0 Å². The van der Waals surface area contributed by atoms with Crippen molar-refractivity contribution < 1.29 is 19.8 Å². The number of carbonyl (C=O) groups excluding carboxylic acids is 1. The van der Waals surface area contributed by atoms with Crippen LogP contribution >= 0.6 is 45.2 Å². The van der Waals surface area contributed by atoms with E-state index in [0.29, 0.717) is 9.13 Å². The van der Waals surface area contributed by atoms with Crippen molar-refractivity contribution in [1.29, 1.82) is 0 Å². The van der Waals surface area contributed by atoms with Gasteiger partial charge in [-0.3, -0.25) is 9.59 Å². The quantitative estimate of drug-likeness (QED) is 0.464. The first kappa shape index (κ1) is 16.4. The van der Waals surface area contributed by atoms with Gasteiger partial charge in [-0.2, -0.15) is 0 Å². The van der Waals surface area contributed by atoms with Crippen LogP contribution in [0.25, 0.3) is 0 Å². The van der Waals surface area contributed by atoms with Gasteiger partial charge in [0.1, 0.15) is 5.75 Å². The van der Waals surface area contributed by atoms with Crippen molar-refractivity contribution in [3.8, 4) is 5.75 Å². The van der Waals surface area contributed by atoms with E-state index in [9.17, 15) is 14.7 Å². The molecule has 0 fully saturated rings. The molecule has 1 rings (SSSR count). The molecule has 0 saturated heterocycles. The zero-order valence-corrected chi connectivity index (χ0v) is 14.0. The second-order valence-electron chi connectivity index (χ2n) is 3.75. The Hall–Kier alpha value is -0.620. The van der Waals surface area contributed by atoms with Gasteiger partial charge in [0.15, 0.2) is 0 Å². The summed E-state index contributed by atoms with van der Waals surface area (Å²) in [6.07, 6.45) is -0.324. The molecule has 0 heterocycles. The average molecular weight is 490 g/mol. The average Bonchev–Trinajstić information content (AvgIpc) is 2.32. The number of aromatic hydroxyl groups is 1. The van der Waals surface area contributed by atoms with Crippen LogP contribution in [0.5, 0.6) is 5.75 Å². The molecule has 104 valence electrons. The van der Waals surface area contributed by atoms with Crippen LogP contribution in [-0.4, -0.2) is 28.6 Å². The van der Waals surface area contributed by atoms with E-state index in [1.807, 2.05) is 22.6 Å². The summed E-state index contributed by atoms with van der Waals surface area (Å²) in [4.78, 5) is 22.2. The predicted molar refractivity (Wildman–Crippen MR) is 85.7 cm³/mol. The van der Waals surface area contributed by atoms with Gasteiger partial charge in [0.25, 0.3) is 0 Å². The lowest BCUT2D eigenvalue weighted by Crippen LogP contribution is -2.35. The fraction of sp³-hybridized carbons (Fsp3) is 0.273. The molecular weight excluding hydrogens is 478 g/mol. The molecule has 1 aromatic carbocycles. The van der Waals surface area contributed by atoms with Gasteiger partial charge in [-0.25, -0.2) is 0 Å². The molecule has 8 heteroatoms. The molecule has 0 bridgehead atoms. The van der Waals surface area contributed by atoms with Gasteiger partial charge in [0.2, 0.25) is 5.91 Å². The number of carboxylic acids is 1. The van der Waals surface area contributed by atoms with Gasteiger partial charge in [-0.1, -0.05) is 0 Å². The molecule has 1 aromatic rings. The highest BCUT2D eigenvalue weighted by Gasteiger charge is 2.22. The van der Waals surface area contributed by atoms with Crippen LogP contribution in [0.2, 0.25) is 0 Å². The third-order valence-corrected chi connectivity index (χ3v) is 3.78. The first-order chi connectivity index (χ1) is 8.85. The summed E-state index contributed by atoms with van der Waals surface area (Å²) in [7, 11) is 0. The molecule has 6 nitrogen and oxygen atoms in total. The van der Waals surface area contributed by atoms with Crippen molar-refractivity contribution in [2.75, 3.05) is 6.54 Å². The summed E-state index contributed by atoms with van der Waals surface area (Å²) in [5.41, 5.74) is 5.58. The zero-order valence-electron chi connectivity index (χ0n) is 9.69. The Labute approximate surface area is 137 Å². The largest absolute Gasteiger partial charge is 0.506 e. The van der Waals surface area contributed by atoms with Crippen molar-refractivity contribution in [3.05, 3.63) is 24.8 Å². The van der Waals surface area contributed by atoms with Crippen molar-refractivity contribution >= 4 is 57.1 Å². The topological polar surface area (TPSA) is 113 Å². The first-order valence-corrected chi connectivity index (χ1v) is 7.40. The zero-order chi connectivity index (χ0) is 14.6. The monoisotopic (exact) mass is 490 g/mol.